The van der Waals surface area contributed by atoms with E-state index >= 15 is 0 Å². The molecule has 0 unspecified atom stereocenters. The third kappa shape index (κ3) is 2.50. The van der Waals surface area contributed by atoms with Crippen LogP contribution in [0, 0.1) is 0 Å². The number of carbonyl (C=O) groups is 1. The summed E-state index contributed by atoms with van der Waals surface area (Å²) < 4.78 is 5.83. The molecule has 5 heteroatoms. The molecule has 2 aliphatic rings. The number of hydrogen-bond acceptors (Lipinski definition) is 4. The molecule has 1 aromatic heterocycles. The van der Waals surface area contributed by atoms with Gasteiger partial charge in [0.25, 0.3) is 5.91 Å². The summed E-state index contributed by atoms with van der Waals surface area (Å²) >= 11 is 0. The molecular formula is C18H20N2O3. The monoisotopic (exact) mass is 312 g/mol. The van der Waals surface area contributed by atoms with Crippen molar-refractivity contribution in [3.8, 4) is 0 Å². The van der Waals surface area contributed by atoms with Gasteiger partial charge in [-0.1, -0.05) is 6.07 Å². The normalized spacial score (nSPS) is 27.7. The number of aromatic nitrogens is 1. The largest absolute Gasteiger partial charge is 0.390 e. The van der Waals surface area contributed by atoms with E-state index in [1.165, 1.54) is 0 Å². The Morgan fingerprint density at radius 2 is 2.30 bits per heavy atom. The third-order valence-corrected chi connectivity index (χ3v) is 5.01. The second kappa shape index (κ2) is 5.58. The molecule has 2 fully saturated rings. The van der Waals surface area contributed by atoms with E-state index in [0.717, 1.165) is 23.7 Å². The van der Waals surface area contributed by atoms with Gasteiger partial charge in [-0.25, -0.2) is 0 Å². The maximum absolute atomic E-state index is 12.9. The van der Waals surface area contributed by atoms with Gasteiger partial charge in [-0.05, 0) is 43.5 Å². The number of amides is 1. The van der Waals surface area contributed by atoms with Crippen molar-refractivity contribution >= 4 is 16.8 Å². The van der Waals surface area contributed by atoms with Crippen molar-refractivity contribution in [1.82, 2.24) is 9.88 Å². The van der Waals surface area contributed by atoms with Gasteiger partial charge < -0.3 is 14.7 Å². The van der Waals surface area contributed by atoms with Gasteiger partial charge in [0.1, 0.15) is 5.60 Å². The number of piperidine rings is 1. The molecule has 2 aliphatic heterocycles. The zero-order valence-electron chi connectivity index (χ0n) is 12.9. The number of rotatable bonds is 1. The fourth-order valence-corrected chi connectivity index (χ4v) is 3.72. The highest BCUT2D eigenvalue weighted by atomic mass is 16.5. The fourth-order valence-electron chi connectivity index (χ4n) is 3.72. The highest BCUT2D eigenvalue weighted by molar-refractivity contribution is 5.98. The summed E-state index contributed by atoms with van der Waals surface area (Å²) in [5, 5.41) is 11.3. The van der Waals surface area contributed by atoms with E-state index in [4.69, 9.17) is 4.74 Å². The first-order valence-electron chi connectivity index (χ1n) is 8.14. The van der Waals surface area contributed by atoms with Crippen molar-refractivity contribution in [2.75, 3.05) is 19.7 Å². The van der Waals surface area contributed by atoms with Crippen LogP contribution in [0.1, 0.15) is 29.6 Å². The molecule has 5 nitrogen and oxygen atoms in total. The predicted octanol–water partition coefficient (Wildman–Crippen LogP) is 1.99. The first-order valence-corrected chi connectivity index (χ1v) is 8.14. The average molecular weight is 312 g/mol. The van der Waals surface area contributed by atoms with Gasteiger partial charge in [0.15, 0.2) is 0 Å². The Hall–Kier alpha value is -1.98. The quantitative estimate of drug-likeness (QED) is 0.875. The molecule has 1 spiro atoms. The minimum Gasteiger partial charge on any atom is -0.390 e. The van der Waals surface area contributed by atoms with Crippen molar-refractivity contribution in [2.45, 2.75) is 31.0 Å². The number of aliphatic hydroxyl groups is 1. The molecule has 0 saturated carbocycles. The van der Waals surface area contributed by atoms with Crippen molar-refractivity contribution < 1.29 is 14.6 Å². The van der Waals surface area contributed by atoms with E-state index in [2.05, 4.69) is 4.98 Å². The first kappa shape index (κ1) is 14.6. The first-order chi connectivity index (χ1) is 11.2. The van der Waals surface area contributed by atoms with Gasteiger partial charge in [-0.15, -0.1) is 0 Å². The van der Waals surface area contributed by atoms with Gasteiger partial charge in [0.2, 0.25) is 0 Å². The van der Waals surface area contributed by atoms with Crippen molar-refractivity contribution in [3.05, 3.63) is 42.1 Å². The number of fused-ring (bicyclic) bond motifs is 1. The maximum atomic E-state index is 12.9. The molecule has 0 bridgehead atoms. The highest BCUT2D eigenvalue weighted by Crippen LogP contribution is 2.35. The molecule has 23 heavy (non-hydrogen) atoms. The smallest absolute Gasteiger partial charge is 0.253 e. The molecule has 1 N–H and O–H groups in total. The molecule has 120 valence electrons. The summed E-state index contributed by atoms with van der Waals surface area (Å²) in [4.78, 5) is 19.0. The van der Waals surface area contributed by atoms with Crippen LogP contribution >= 0.6 is 0 Å². The maximum Gasteiger partial charge on any atom is 0.253 e. The van der Waals surface area contributed by atoms with Crippen LogP contribution < -0.4 is 0 Å². The summed E-state index contributed by atoms with van der Waals surface area (Å²) in [6.07, 6.45) is 3.60. The summed E-state index contributed by atoms with van der Waals surface area (Å²) in [7, 11) is 0. The molecular weight excluding hydrogens is 292 g/mol. The number of benzene rings is 1. The SMILES string of the molecule is O=C(c1ccc2ncccc2c1)N1CC[C@H](O)[C@]2(CCCO2)C1. The lowest BCUT2D eigenvalue weighted by atomic mass is 9.86. The van der Waals surface area contributed by atoms with Crippen LogP contribution in [0.2, 0.25) is 0 Å². The number of pyridine rings is 1. The van der Waals surface area contributed by atoms with Gasteiger partial charge in [0.05, 0.1) is 18.2 Å². The van der Waals surface area contributed by atoms with Crippen LogP contribution in [0.4, 0.5) is 0 Å². The molecule has 1 aromatic carbocycles. The molecule has 2 saturated heterocycles. The molecule has 2 aromatic rings. The van der Waals surface area contributed by atoms with E-state index in [-0.39, 0.29) is 5.91 Å². The molecule has 1 amide bonds. The third-order valence-electron chi connectivity index (χ3n) is 5.01. The summed E-state index contributed by atoms with van der Waals surface area (Å²) in [6, 6.07) is 9.42. The molecule has 3 heterocycles. The number of hydrogen-bond donors (Lipinski definition) is 1. The lowest BCUT2D eigenvalue weighted by Gasteiger charge is -2.43. The zero-order valence-corrected chi connectivity index (χ0v) is 12.9. The van der Waals surface area contributed by atoms with E-state index in [9.17, 15) is 9.90 Å². The van der Waals surface area contributed by atoms with Crippen LogP contribution in [0.3, 0.4) is 0 Å². The summed E-state index contributed by atoms with van der Waals surface area (Å²) in [5.41, 5.74) is 0.982. The van der Waals surface area contributed by atoms with Crippen molar-refractivity contribution in [1.29, 1.82) is 0 Å². The Morgan fingerprint density at radius 3 is 3.13 bits per heavy atom. The van der Waals surface area contributed by atoms with Gasteiger partial charge in [-0.2, -0.15) is 0 Å². The van der Waals surface area contributed by atoms with E-state index in [0.29, 0.717) is 31.7 Å². The van der Waals surface area contributed by atoms with Gasteiger partial charge in [-0.3, -0.25) is 9.78 Å². The van der Waals surface area contributed by atoms with Crippen LogP contribution in [0.15, 0.2) is 36.5 Å². The second-order valence-electron chi connectivity index (χ2n) is 6.46. The minimum atomic E-state index is -0.563. The molecule has 2 atom stereocenters. The Morgan fingerprint density at radius 1 is 1.39 bits per heavy atom. The number of carbonyl (C=O) groups excluding carboxylic acids is 1. The van der Waals surface area contributed by atoms with Crippen molar-refractivity contribution in [3.63, 3.8) is 0 Å². The Labute approximate surface area is 134 Å². The lowest BCUT2D eigenvalue weighted by molar-refractivity contribution is -0.124. The number of aliphatic hydroxyl groups excluding tert-OH is 1. The zero-order chi connectivity index (χ0) is 15.9. The van der Waals surface area contributed by atoms with E-state index < -0.39 is 11.7 Å². The van der Waals surface area contributed by atoms with Crippen LogP contribution in [0.25, 0.3) is 10.9 Å². The van der Waals surface area contributed by atoms with Crippen molar-refractivity contribution in [2.24, 2.45) is 0 Å². The van der Waals surface area contributed by atoms with Gasteiger partial charge >= 0.3 is 0 Å². The minimum absolute atomic E-state index is 0.00229. The lowest BCUT2D eigenvalue weighted by Crippen LogP contribution is -2.57. The number of likely N-dealkylation sites (tertiary alicyclic amines) is 1. The van der Waals surface area contributed by atoms with E-state index in [1.807, 2.05) is 35.2 Å². The number of nitrogens with zero attached hydrogens (tertiary/aromatic N) is 2. The standard InChI is InChI=1S/C18H20N2O3/c21-16-6-9-20(12-18(16)7-2-10-23-18)17(22)14-4-5-15-13(11-14)3-1-8-19-15/h1,3-5,8,11,16,21H,2,6-7,9-10,12H2/t16-,18-/m0/s1. The van der Waals surface area contributed by atoms with Gasteiger partial charge in [0, 0.05) is 30.3 Å². The summed E-state index contributed by atoms with van der Waals surface area (Å²) in [5.74, 6) is -0.00229. The molecule has 4 rings (SSSR count). The highest BCUT2D eigenvalue weighted by Gasteiger charge is 2.47. The van der Waals surface area contributed by atoms with Crippen LogP contribution in [0.5, 0.6) is 0 Å². The Balaban J connectivity index is 1.60. The molecule has 0 aliphatic carbocycles. The fraction of sp³-hybridized carbons (Fsp3) is 0.444. The van der Waals surface area contributed by atoms with E-state index in [1.54, 1.807) is 6.20 Å². The second-order valence-corrected chi connectivity index (χ2v) is 6.46. The molecule has 0 radical (unpaired) electrons. The Bertz CT molecular complexity index is 740. The predicted molar refractivity (Wildman–Crippen MR) is 86.2 cm³/mol. The Kier molecular flexibility index (Phi) is 3.54. The van der Waals surface area contributed by atoms with Crippen LogP contribution in [-0.4, -0.2) is 52.3 Å². The number of ether oxygens (including phenoxy) is 1. The average Bonchev–Trinajstić information content (AvgIpc) is 3.06. The van der Waals surface area contributed by atoms with Crippen LogP contribution in [-0.2, 0) is 4.74 Å². The topological polar surface area (TPSA) is 62.7 Å². The summed E-state index contributed by atoms with van der Waals surface area (Å²) in [6.45, 7) is 1.70.